The maximum Gasteiger partial charge on any atom is 0.310 e. The van der Waals surface area contributed by atoms with Crippen molar-refractivity contribution in [3.8, 4) is 0 Å². The van der Waals surface area contributed by atoms with Gasteiger partial charge in [-0.15, -0.1) is 0 Å². The molecule has 13 atom stereocenters. The van der Waals surface area contributed by atoms with Crippen LogP contribution in [0.25, 0.3) is 0 Å². The number of nitrogens with zero attached hydrogens (tertiary/aromatic N) is 1. The number of ether oxygens (including phenoxy) is 1. The van der Waals surface area contributed by atoms with Crippen LogP contribution in [0.3, 0.4) is 0 Å². The fourth-order valence-corrected chi connectivity index (χ4v) is 16.3. The summed E-state index contributed by atoms with van der Waals surface area (Å²) >= 11 is 0. The zero-order chi connectivity index (χ0) is 38.7. The van der Waals surface area contributed by atoms with E-state index >= 15 is 0 Å². The number of carboxylic acid groups (broad SMARTS) is 1. The fourth-order valence-electron chi connectivity index (χ4n) is 15.1. The van der Waals surface area contributed by atoms with Crippen molar-refractivity contribution in [3.05, 3.63) is 12.2 Å². The van der Waals surface area contributed by atoms with Crippen LogP contribution in [0.5, 0.6) is 0 Å². The Morgan fingerprint density at radius 2 is 1.55 bits per heavy atom. The minimum atomic E-state index is -3.03. The predicted molar refractivity (Wildman–Crippen MR) is 206 cm³/mol. The van der Waals surface area contributed by atoms with Crippen LogP contribution >= 0.6 is 0 Å². The number of nitrogens with one attached hydrogen (secondary N) is 1. The van der Waals surface area contributed by atoms with Crippen molar-refractivity contribution in [2.24, 2.45) is 68.5 Å². The molecule has 300 valence electrons. The van der Waals surface area contributed by atoms with Crippen LogP contribution in [-0.2, 0) is 24.2 Å². The first-order valence-corrected chi connectivity index (χ1v) is 22.8. The van der Waals surface area contributed by atoms with Crippen LogP contribution in [0, 0.1) is 68.5 Å². The summed E-state index contributed by atoms with van der Waals surface area (Å²) in [5.74, 6) is 0.113. The number of carbonyl (C=O) groups is 2. The summed E-state index contributed by atoms with van der Waals surface area (Å²) in [5, 5.41) is 13.8. The third-order valence-electron chi connectivity index (χ3n) is 18.4. The average Bonchev–Trinajstić information content (AvgIpc) is 3.46. The van der Waals surface area contributed by atoms with Crippen LogP contribution in [0.1, 0.15) is 120 Å². The van der Waals surface area contributed by atoms with Crippen molar-refractivity contribution in [2.45, 2.75) is 137 Å². The van der Waals surface area contributed by atoms with E-state index in [0.717, 1.165) is 51.4 Å². The van der Waals surface area contributed by atoms with Gasteiger partial charge in [-0.1, -0.05) is 60.6 Å². The summed E-state index contributed by atoms with van der Waals surface area (Å²) in [6, 6.07) is -0.312. The zero-order valence-electron chi connectivity index (χ0n) is 33.9. The number of carboxylic acids is 1. The molecule has 0 spiro atoms. The number of rotatable bonds is 9. The molecule has 6 aliphatic carbocycles. The highest BCUT2D eigenvalue weighted by molar-refractivity contribution is 7.91. The van der Waals surface area contributed by atoms with Crippen molar-refractivity contribution < 1.29 is 32.2 Å². The van der Waals surface area contributed by atoms with Gasteiger partial charge in [0.05, 0.1) is 29.4 Å². The Balaban J connectivity index is 1.11. The molecule has 7 rings (SSSR count). The number of sulfone groups is 1. The summed E-state index contributed by atoms with van der Waals surface area (Å²) in [4.78, 5) is 27.4. The van der Waals surface area contributed by atoms with Gasteiger partial charge in [-0.2, -0.15) is 0 Å². The topological polar surface area (TPSA) is 113 Å². The monoisotopic (exact) mass is 760 g/mol. The van der Waals surface area contributed by atoms with E-state index in [-0.39, 0.29) is 56.8 Å². The first-order chi connectivity index (χ1) is 24.6. The first-order valence-electron chi connectivity index (χ1n) is 20.9. The van der Waals surface area contributed by atoms with E-state index < -0.39 is 39.7 Å². The predicted octanol–water partition coefficient (Wildman–Crippen LogP) is 7.32. The van der Waals surface area contributed by atoms with Gasteiger partial charge in [-0.3, -0.25) is 14.5 Å². The van der Waals surface area contributed by atoms with E-state index in [1.165, 1.54) is 18.4 Å². The number of hydrogen-bond acceptors (Lipinski definition) is 7. The lowest BCUT2D eigenvalue weighted by atomic mass is 9.32. The van der Waals surface area contributed by atoms with Crippen LogP contribution in [-0.4, -0.2) is 85.9 Å². The maximum absolute atomic E-state index is 14.6. The number of allylic oxidation sites excluding steroid dienone is 1. The average molecular weight is 761 g/mol. The molecule has 0 aromatic rings. The number of hydrogen-bond donors (Lipinski definition) is 2. The molecule has 10 heteroatoms. The van der Waals surface area contributed by atoms with Gasteiger partial charge in [0.1, 0.15) is 12.8 Å². The molecule has 1 aliphatic heterocycles. The van der Waals surface area contributed by atoms with E-state index in [0.29, 0.717) is 49.2 Å². The van der Waals surface area contributed by atoms with Crippen molar-refractivity contribution in [3.63, 3.8) is 0 Å². The molecule has 7 fully saturated rings. The number of fused-ring (bicyclic) bond motifs is 7. The Morgan fingerprint density at radius 3 is 2.15 bits per heavy atom. The third-order valence-corrected chi connectivity index (χ3v) is 20.0. The van der Waals surface area contributed by atoms with Crippen molar-refractivity contribution in [2.75, 3.05) is 37.8 Å². The second-order valence-corrected chi connectivity index (χ2v) is 23.4. The van der Waals surface area contributed by atoms with Gasteiger partial charge in [-0.25, -0.2) is 12.8 Å². The standard InChI is InChI=1S/C43H69FN2O6S/c1-26(2)28-12-17-43(45-25-27(24-44)46-20-22-53(50,51)23-21-46)19-18-41(8)29(33(28)43)10-11-31-40(7)15-14-32(38(3,4)30(40)13-16-42(31,41)9)52-37(49)35-34(36(47)48)39(35,5)6/h27-35,45H,1,10-25H2,2-9H3,(H,47,48)/t27-,28-,29+,30-,31+,32-,33+,34-,35+,40-,41+,42+,43-/m0/s1. The molecule has 7 aliphatic rings. The SMILES string of the molecule is C=C(C)[C@@H]1CC[C@]2(NC[C@H](CF)N3CCS(=O)(=O)CC3)CC[C@]3(C)[C@H](CC[C@@H]4[C@@]5(C)CC[C@H](OC(=O)[C@H]6[C@@H](C(=O)O)C6(C)C)C(C)(C)[C@@H]5CC[C@]43C)[C@@H]12. The lowest BCUT2D eigenvalue weighted by Crippen LogP contribution is -2.69. The molecule has 6 saturated carbocycles. The van der Waals surface area contributed by atoms with Crippen LogP contribution in [0.4, 0.5) is 4.39 Å². The molecule has 2 N–H and O–H groups in total. The molecule has 0 amide bonds. The van der Waals surface area contributed by atoms with E-state index in [1.807, 2.05) is 13.8 Å². The summed E-state index contributed by atoms with van der Waals surface area (Å²) in [6.07, 6.45) is 10.6. The summed E-state index contributed by atoms with van der Waals surface area (Å²) in [5.41, 5.74) is 0.842. The zero-order valence-corrected chi connectivity index (χ0v) is 34.8. The molecule has 0 unspecified atom stereocenters. The van der Waals surface area contributed by atoms with Gasteiger partial charge in [-0.05, 0) is 122 Å². The molecule has 0 radical (unpaired) electrons. The van der Waals surface area contributed by atoms with Crippen LogP contribution in [0.2, 0.25) is 0 Å². The van der Waals surface area contributed by atoms with Gasteiger partial charge in [0.25, 0.3) is 0 Å². The van der Waals surface area contributed by atoms with Crippen LogP contribution in [0.15, 0.2) is 12.2 Å². The third kappa shape index (κ3) is 5.93. The Kier molecular flexibility index (Phi) is 9.74. The van der Waals surface area contributed by atoms with Crippen molar-refractivity contribution >= 4 is 21.8 Å². The Labute approximate surface area is 319 Å². The summed E-state index contributed by atoms with van der Waals surface area (Å²) in [7, 11) is -3.03. The van der Waals surface area contributed by atoms with E-state index in [2.05, 4.69) is 58.3 Å². The number of halogens is 1. The highest BCUT2D eigenvalue weighted by Gasteiger charge is 2.72. The van der Waals surface area contributed by atoms with E-state index in [9.17, 15) is 27.5 Å². The number of carbonyl (C=O) groups excluding carboxylic acids is 1. The lowest BCUT2D eigenvalue weighted by Gasteiger charge is -2.73. The minimum Gasteiger partial charge on any atom is -0.481 e. The molecule has 0 aromatic carbocycles. The van der Waals surface area contributed by atoms with E-state index in [1.54, 1.807) is 0 Å². The Hall–Kier alpha value is -1.52. The normalized spacial score (nSPS) is 47.2. The second kappa shape index (κ2) is 13.0. The maximum atomic E-state index is 14.6. The van der Waals surface area contributed by atoms with Gasteiger partial charge in [0.15, 0.2) is 9.84 Å². The highest BCUT2D eigenvalue weighted by Crippen LogP contribution is 2.76. The summed E-state index contributed by atoms with van der Waals surface area (Å²) < 4.78 is 45.2. The molecule has 8 nitrogen and oxygen atoms in total. The first kappa shape index (κ1) is 39.7. The molecular weight excluding hydrogens is 692 g/mol. The Bertz CT molecular complexity index is 1600. The molecule has 53 heavy (non-hydrogen) atoms. The lowest BCUT2D eigenvalue weighted by molar-refractivity contribution is -0.246. The smallest absolute Gasteiger partial charge is 0.310 e. The van der Waals surface area contributed by atoms with Gasteiger partial charge < -0.3 is 15.2 Å². The molecule has 0 aromatic heterocycles. The fraction of sp³-hybridized carbons (Fsp3) is 0.907. The molecule has 1 heterocycles. The van der Waals surface area contributed by atoms with Gasteiger partial charge in [0, 0.05) is 30.6 Å². The van der Waals surface area contributed by atoms with Crippen molar-refractivity contribution in [1.29, 1.82) is 0 Å². The second-order valence-electron chi connectivity index (χ2n) is 21.1. The number of aliphatic carboxylic acids is 1. The summed E-state index contributed by atoms with van der Waals surface area (Å²) in [6.45, 7) is 23.8. The number of alkyl halides is 1. The Morgan fingerprint density at radius 1 is 0.868 bits per heavy atom. The van der Waals surface area contributed by atoms with Crippen molar-refractivity contribution in [1.82, 2.24) is 10.2 Å². The number of esters is 1. The largest absolute Gasteiger partial charge is 0.481 e. The van der Waals surface area contributed by atoms with Crippen LogP contribution < -0.4 is 5.32 Å². The minimum absolute atomic E-state index is 0.0624. The highest BCUT2D eigenvalue weighted by atomic mass is 32.2. The molecule has 0 bridgehead atoms. The molecule has 1 saturated heterocycles. The van der Waals surface area contributed by atoms with E-state index in [4.69, 9.17) is 4.74 Å². The molecular formula is C43H69FN2O6S. The van der Waals surface area contributed by atoms with Gasteiger partial charge >= 0.3 is 11.9 Å². The quantitative estimate of drug-likeness (QED) is 0.186. The van der Waals surface area contributed by atoms with Gasteiger partial charge in [0.2, 0.25) is 0 Å².